The van der Waals surface area contributed by atoms with Gasteiger partial charge >= 0.3 is 6.09 Å². The summed E-state index contributed by atoms with van der Waals surface area (Å²) in [5, 5.41) is 3.84. The number of rotatable bonds is 6. The van der Waals surface area contributed by atoms with Crippen molar-refractivity contribution in [3.8, 4) is 11.1 Å². The lowest BCUT2D eigenvalue weighted by Crippen LogP contribution is -2.32. The van der Waals surface area contributed by atoms with Crippen molar-refractivity contribution in [2.24, 2.45) is 4.88 Å². The molecule has 0 unspecified atom stereocenters. The minimum absolute atomic E-state index is 0.394. The number of ether oxygens (including phenoxy) is 1. The van der Waals surface area contributed by atoms with Gasteiger partial charge in [-0.25, -0.2) is 4.79 Å². The van der Waals surface area contributed by atoms with Crippen molar-refractivity contribution in [3.63, 3.8) is 0 Å². The molecule has 8 heteroatoms. The van der Waals surface area contributed by atoms with Crippen LogP contribution in [0.15, 0.2) is 120 Å². The van der Waals surface area contributed by atoms with E-state index in [1.165, 1.54) is 5.56 Å². The molecular formula is C30H31N4O3P. The molecule has 0 saturated heterocycles. The number of hydrogen-bond acceptors (Lipinski definition) is 3. The summed E-state index contributed by atoms with van der Waals surface area (Å²) >= 11 is 0. The monoisotopic (exact) mass is 526 g/mol. The van der Waals surface area contributed by atoms with Crippen LogP contribution in [0.25, 0.3) is 21.6 Å². The van der Waals surface area contributed by atoms with Crippen LogP contribution in [0.1, 0.15) is 26.3 Å². The van der Waals surface area contributed by atoms with Gasteiger partial charge in [0.25, 0.3) is 0 Å². The van der Waals surface area contributed by atoms with Crippen LogP contribution in [0.5, 0.6) is 0 Å². The Kier molecular flexibility index (Phi) is 9.89. The summed E-state index contributed by atoms with van der Waals surface area (Å²) in [5.41, 5.74) is 11.5. The third-order valence-corrected chi connectivity index (χ3v) is 7.60. The number of benzene rings is 4. The van der Waals surface area contributed by atoms with E-state index < -0.39 is 19.0 Å². The topological polar surface area (TPSA) is 104 Å². The van der Waals surface area contributed by atoms with E-state index in [1.54, 1.807) is 48.5 Å². The van der Waals surface area contributed by atoms with Gasteiger partial charge in [-0.2, -0.15) is 0 Å². The molecule has 0 bridgehead atoms. The second kappa shape index (κ2) is 13.3. The lowest BCUT2D eigenvalue weighted by Gasteiger charge is -2.19. The number of nitrogens with zero attached hydrogens (tertiary/aromatic N) is 3. The van der Waals surface area contributed by atoms with Crippen molar-refractivity contribution in [2.75, 3.05) is 0 Å². The minimum atomic E-state index is -3.22. The first-order valence-electron chi connectivity index (χ1n) is 12.1. The van der Waals surface area contributed by atoms with Crippen molar-refractivity contribution < 1.29 is 14.1 Å². The van der Waals surface area contributed by atoms with E-state index in [4.69, 9.17) is 10.3 Å². The lowest BCUT2D eigenvalue weighted by molar-refractivity contribution is 0.0523. The smallest absolute Gasteiger partial charge is 0.407 e. The van der Waals surface area contributed by atoms with Crippen molar-refractivity contribution in [2.45, 2.75) is 32.9 Å². The molecule has 38 heavy (non-hydrogen) atoms. The summed E-state index contributed by atoms with van der Waals surface area (Å²) in [7, 11) is -3.22. The van der Waals surface area contributed by atoms with Crippen LogP contribution in [0, 0.1) is 0 Å². The van der Waals surface area contributed by atoms with Crippen molar-refractivity contribution >= 4 is 24.0 Å². The molecule has 0 aliphatic heterocycles. The molecule has 7 nitrogen and oxygen atoms in total. The van der Waals surface area contributed by atoms with Gasteiger partial charge in [-0.15, -0.1) is 0 Å². The molecule has 1 N–H and O–H groups in total. The highest BCUT2D eigenvalue weighted by Crippen LogP contribution is 2.44. The number of carbonyl (C=O) groups excluding carboxylic acids is 1. The fourth-order valence-corrected chi connectivity index (χ4v) is 5.27. The molecule has 194 valence electrons. The average Bonchev–Trinajstić information content (AvgIpc) is 2.93. The standard InChI is InChI=1S/C18H21NO2.C12H10N3OP/c1-18(2,3)21-17(20)19-13-14-9-11-16(12-10-14)15-7-5-4-6-8-15;13-14-15-17(16,11-7-3-1-4-8-11)12-9-5-2-6-10-12/h4-12H,13H2,1-3H3,(H,19,20);1-10H. The highest BCUT2D eigenvalue weighted by molar-refractivity contribution is 7.77. The number of hydrogen-bond donors (Lipinski definition) is 1. The predicted molar refractivity (Wildman–Crippen MR) is 154 cm³/mol. The van der Waals surface area contributed by atoms with E-state index in [0.717, 1.165) is 11.1 Å². The van der Waals surface area contributed by atoms with Crippen LogP contribution >= 0.6 is 7.29 Å². The highest BCUT2D eigenvalue weighted by Gasteiger charge is 2.25. The number of amides is 1. The lowest BCUT2D eigenvalue weighted by atomic mass is 10.0. The van der Waals surface area contributed by atoms with Gasteiger partial charge in [-0.1, -0.05) is 115 Å². The van der Waals surface area contributed by atoms with E-state index >= 15 is 0 Å². The first-order chi connectivity index (χ1) is 18.2. The number of carbonyl (C=O) groups is 1. The van der Waals surface area contributed by atoms with E-state index in [9.17, 15) is 9.36 Å². The van der Waals surface area contributed by atoms with Gasteiger partial charge in [-0.3, -0.25) is 0 Å². The van der Waals surface area contributed by atoms with Crippen LogP contribution in [0.3, 0.4) is 0 Å². The Balaban J connectivity index is 0.000000215. The molecule has 1 amide bonds. The zero-order valence-corrected chi connectivity index (χ0v) is 22.6. The Morgan fingerprint density at radius 2 is 1.24 bits per heavy atom. The zero-order valence-electron chi connectivity index (χ0n) is 21.7. The molecule has 4 rings (SSSR count). The molecule has 0 saturated carbocycles. The maximum Gasteiger partial charge on any atom is 0.407 e. The Morgan fingerprint density at radius 1 is 0.789 bits per heavy atom. The van der Waals surface area contributed by atoms with E-state index in [2.05, 4.69) is 39.4 Å². The van der Waals surface area contributed by atoms with Crippen LogP contribution in [0.2, 0.25) is 0 Å². The largest absolute Gasteiger partial charge is 0.444 e. The summed E-state index contributed by atoms with van der Waals surface area (Å²) in [6.07, 6.45) is -0.394. The van der Waals surface area contributed by atoms with Crippen molar-refractivity contribution in [3.05, 3.63) is 131 Å². The Labute approximate surface area is 223 Å². The van der Waals surface area contributed by atoms with Crippen LogP contribution in [-0.2, 0) is 15.8 Å². The molecule has 0 spiro atoms. The number of nitrogens with one attached hydrogen (secondary N) is 1. The SMILES string of the molecule is CC(C)(C)OC(=O)NCc1ccc(-c2ccccc2)cc1.[N-]=[N+]=NP(=O)(c1ccccc1)c1ccccc1. The minimum Gasteiger partial charge on any atom is -0.444 e. The summed E-state index contributed by atoms with van der Waals surface area (Å²) < 4.78 is 18.0. The van der Waals surface area contributed by atoms with E-state index in [1.807, 2.05) is 63.2 Å². The molecule has 0 aliphatic carbocycles. The molecule has 0 atom stereocenters. The Hall–Kier alpha value is -4.31. The molecule has 0 heterocycles. The third-order valence-electron chi connectivity index (χ3n) is 5.28. The van der Waals surface area contributed by atoms with Gasteiger partial charge in [0, 0.05) is 22.1 Å². The maximum absolute atomic E-state index is 12.8. The molecule has 0 aliphatic rings. The number of azide groups is 1. The summed E-state index contributed by atoms with van der Waals surface area (Å²) in [6.45, 7) is 6.01. The zero-order chi connectivity index (χ0) is 27.4. The quantitative estimate of drug-likeness (QED) is 0.121. The summed E-state index contributed by atoms with van der Waals surface area (Å²) in [5.74, 6) is 0. The molecule has 0 radical (unpaired) electrons. The maximum atomic E-state index is 12.8. The second-order valence-electron chi connectivity index (χ2n) is 9.34. The third kappa shape index (κ3) is 8.38. The summed E-state index contributed by atoms with van der Waals surface area (Å²) in [4.78, 5) is 17.8. The molecule has 0 fully saturated rings. The fraction of sp³-hybridized carbons (Fsp3) is 0.167. The first-order valence-corrected chi connectivity index (χ1v) is 13.8. The molecular weight excluding hydrogens is 495 g/mol. The van der Waals surface area contributed by atoms with Crippen molar-refractivity contribution in [1.82, 2.24) is 5.32 Å². The molecule has 4 aromatic carbocycles. The average molecular weight is 527 g/mol. The molecule has 0 aromatic heterocycles. The van der Waals surface area contributed by atoms with Crippen molar-refractivity contribution in [1.29, 1.82) is 0 Å². The normalized spacial score (nSPS) is 10.8. The van der Waals surface area contributed by atoms with Gasteiger partial charge in [0.2, 0.25) is 7.29 Å². The predicted octanol–water partition coefficient (Wildman–Crippen LogP) is 7.60. The van der Waals surface area contributed by atoms with E-state index in [0.29, 0.717) is 17.2 Å². The highest BCUT2D eigenvalue weighted by atomic mass is 31.2. The Bertz CT molecular complexity index is 1360. The number of alkyl carbamates (subject to hydrolysis) is 1. The molecule has 4 aromatic rings. The summed E-state index contributed by atoms with van der Waals surface area (Å²) in [6, 6.07) is 35.9. The van der Waals surface area contributed by atoms with Gasteiger partial charge in [0.15, 0.2) is 0 Å². The van der Waals surface area contributed by atoms with Crippen LogP contribution in [0.4, 0.5) is 4.79 Å². The van der Waals surface area contributed by atoms with Gasteiger partial charge < -0.3 is 14.6 Å². The van der Waals surface area contributed by atoms with Crippen LogP contribution in [-0.4, -0.2) is 11.7 Å². The van der Waals surface area contributed by atoms with Gasteiger partial charge in [0.1, 0.15) is 5.60 Å². The fourth-order valence-electron chi connectivity index (χ4n) is 3.50. The van der Waals surface area contributed by atoms with E-state index in [-0.39, 0.29) is 0 Å². The first kappa shape index (κ1) is 28.3. The van der Waals surface area contributed by atoms with Crippen LogP contribution < -0.4 is 15.9 Å². The van der Waals surface area contributed by atoms with Gasteiger partial charge in [-0.05, 0) is 47.9 Å². The second-order valence-corrected chi connectivity index (χ2v) is 11.7. The van der Waals surface area contributed by atoms with Gasteiger partial charge in [0.05, 0.1) is 0 Å². The Morgan fingerprint density at radius 3 is 1.68 bits per heavy atom.